The predicted molar refractivity (Wildman–Crippen MR) is 65.4 cm³/mol. The molecule has 0 aromatic heterocycles. The summed E-state index contributed by atoms with van der Waals surface area (Å²) in [5.74, 6) is 0.494. The fraction of sp³-hybridized carbons (Fsp3) is 0.462. The van der Waals surface area contributed by atoms with E-state index in [1.54, 1.807) is 6.07 Å². The number of nitrogens with one attached hydrogen (secondary N) is 1. The van der Waals surface area contributed by atoms with Gasteiger partial charge in [0.05, 0.1) is 0 Å². The van der Waals surface area contributed by atoms with Crippen LogP contribution in [0.1, 0.15) is 18.9 Å². The maximum Gasteiger partial charge on any atom is 0.223 e. The van der Waals surface area contributed by atoms with Crippen LogP contribution in [0.2, 0.25) is 5.02 Å². The lowest BCUT2D eigenvalue weighted by Gasteiger charge is -2.06. The van der Waals surface area contributed by atoms with Gasteiger partial charge in [0.1, 0.15) is 5.82 Å². The van der Waals surface area contributed by atoms with Crippen molar-refractivity contribution in [1.82, 2.24) is 5.32 Å². The van der Waals surface area contributed by atoms with Crippen molar-refractivity contribution in [3.63, 3.8) is 0 Å². The van der Waals surface area contributed by atoms with Gasteiger partial charge in [-0.1, -0.05) is 24.6 Å². The Morgan fingerprint density at radius 1 is 1.59 bits per heavy atom. The standard InChI is InChI=1S/C13H15ClFNO/c1-8-6-11(8)13(17)16-5-4-9-2-3-10(15)7-12(9)14/h2-3,7-8,11H,4-6H2,1H3,(H,16,17)/t8-,11-/m1/s1. The van der Waals surface area contributed by atoms with Crippen molar-refractivity contribution in [3.8, 4) is 0 Å². The summed E-state index contributed by atoms with van der Waals surface area (Å²) >= 11 is 5.89. The van der Waals surface area contributed by atoms with Crippen molar-refractivity contribution in [1.29, 1.82) is 0 Å². The minimum absolute atomic E-state index is 0.121. The van der Waals surface area contributed by atoms with Crippen molar-refractivity contribution in [2.24, 2.45) is 11.8 Å². The van der Waals surface area contributed by atoms with Crippen LogP contribution >= 0.6 is 11.6 Å². The average Bonchev–Trinajstić information content (AvgIpc) is 2.99. The highest BCUT2D eigenvalue weighted by molar-refractivity contribution is 6.31. The third-order valence-electron chi connectivity index (χ3n) is 3.15. The van der Waals surface area contributed by atoms with E-state index in [-0.39, 0.29) is 17.6 Å². The summed E-state index contributed by atoms with van der Waals surface area (Å²) in [6.45, 7) is 2.62. The fourth-order valence-electron chi connectivity index (χ4n) is 1.86. The number of hydrogen-bond donors (Lipinski definition) is 1. The SMILES string of the molecule is C[C@@H]1C[C@H]1C(=O)NCCc1ccc(F)cc1Cl. The lowest BCUT2D eigenvalue weighted by molar-refractivity contribution is -0.122. The Morgan fingerprint density at radius 2 is 2.29 bits per heavy atom. The van der Waals surface area contributed by atoms with Gasteiger partial charge in [-0.3, -0.25) is 4.79 Å². The molecule has 1 N–H and O–H groups in total. The number of amides is 1. The van der Waals surface area contributed by atoms with Crippen LogP contribution in [-0.4, -0.2) is 12.5 Å². The molecule has 1 aromatic carbocycles. The highest BCUT2D eigenvalue weighted by Gasteiger charge is 2.38. The minimum atomic E-state index is -0.338. The lowest BCUT2D eigenvalue weighted by Crippen LogP contribution is -2.27. The Bertz CT molecular complexity index is 435. The van der Waals surface area contributed by atoms with E-state index in [9.17, 15) is 9.18 Å². The zero-order valence-electron chi connectivity index (χ0n) is 9.67. The second kappa shape index (κ2) is 5.05. The number of rotatable bonds is 4. The molecule has 2 nitrogen and oxygen atoms in total. The molecule has 1 aliphatic carbocycles. The van der Waals surface area contributed by atoms with Gasteiger partial charge in [0.25, 0.3) is 0 Å². The first-order chi connectivity index (χ1) is 8.08. The Kier molecular flexibility index (Phi) is 3.67. The number of carbonyl (C=O) groups is 1. The highest BCUT2D eigenvalue weighted by atomic mass is 35.5. The molecule has 2 rings (SSSR count). The first-order valence-electron chi connectivity index (χ1n) is 5.79. The van der Waals surface area contributed by atoms with Gasteiger partial charge >= 0.3 is 0 Å². The number of halogens is 2. The highest BCUT2D eigenvalue weighted by Crippen LogP contribution is 2.37. The van der Waals surface area contributed by atoms with Crippen LogP contribution in [0.25, 0.3) is 0 Å². The first-order valence-corrected chi connectivity index (χ1v) is 6.17. The first kappa shape index (κ1) is 12.4. The summed E-state index contributed by atoms with van der Waals surface area (Å²) in [6.07, 6.45) is 1.62. The smallest absolute Gasteiger partial charge is 0.223 e. The van der Waals surface area contributed by atoms with Crippen molar-refractivity contribution in [2.45, 2.75) is 19.8 Å². The molecule has 1 aliphatic rings. The molecule has 0 heterocycles. The van der Waals surface area contributed by atoms with E-state index in [0.717, 1.165) is 12.0 Å². The summed E-state index contributed by atoms with van der Waals surface area (Å²) < 4.78 is 12.8. The zero-order chi connectivity index (χ0) is 12.4. The summed E-state index contributed by atoms with van der Waals surface area (Å²) in [5.41, 5.74) is 0.859. The average molecular weight is 256 g/mol. The maximum atomic E-state index is 12.8. The molecule has 1 aromatic rings. The molecule has 0 radical (unpaired) electrons. The van der Waals surface area contributed by atoms with Gasteiger partial charge < -0.3 is 5.32 Å². The molecular formula is C13H15ClFNO. The zero-order valence-corrected chi connectivity index (χ0v) is 10.4. The van der Waals surface area contributed by atoms with E-state index in [2.05, 4.69) is 12.2 Å². The van der Waals surface area contributed by atoms with E-state index < -0.39 is 0 Å². The van der Waals surface area contributed by atoms with E-state index in [0.29, 0.717) is 23.9 Å². The van der Waals surface area contributed by atoms with Gasteiger partial charge in [-0.15, -0.1) is 0 Å². The van der Waals surface area contributed by atoms with Crippen LogP contribution in [0.5, 0.6) is 0 Å². The van der Waals surface area contributed by atoms with Crippen LogP contribution in [0.4, 0.5) is 4.39 Å². The van der Waals surface area contributed by atoms with E-state index in [1.165, 1.54) is 12.1 Å². The van der Waals surface area contributed by atoms with Crippen LogP contribution in [0.15, 0.2) is 18.2 Å². The summed E-state index contributed by atoms with van der Waals surface area (Å²) in [6, 6.07) is 4.33. The molecule has 0 bridgehead atoms. The third kappa shape index (κ3) is 3.19. The van der Waals surface area contributed by atoms with Gasteiger partial charge in [0.2, 0.25) is 5.91 Å². The molecule has 92 valence electrons. The Hall–Kier alpha value is -1.09. The minimum Gasteiger partial charge on any atom is -0.356 e. The van der Waals surface area contributed by atoms with Gasteiger partial charge in [0.15, 0.2) is 0 Å². The molecule has 1 amide bonds. The normalized spacial score (nSPS) is 22.3. The largest absolute Gasteiger partial charge is 0.356 e. The van der Waals surface area contributed by atoms with Crippen molar-refractivity contribution in [3.05, 3.63) is 34.6 Å². The predicted octanol–water partition coefficient (Wildman–Crippen LogP) is 2.79. The van der Waals surface area contributed by atoms with E-state index in [4.69, 9.17) is 11.6 Å². The second-order valence-corrected chi connectivity index (χ2v) is 5.00. The molecule has 17 heavy (non-hydrogen) atoms. The summed E-state index contributed by atoms with van der Waals surface area (Å²) in [5, 5.41) is 3.29. The third-order valence-corrected chi connectivity index (χ3v) is 3.51. The van der Waals surface area contributed by atoms with Gasteiger partial charge in [-0.2, -0.15) is 0 Å². The van der Waals surface area contributed by atoms with Crippen LogP contribution in [0.3, 0.4) is 0 Å². The Morgan fingerprint density at radius 3 is 2.88 bits per heavy atom. The van der Waals surface area contributed by atoms with Gasteiger partial charge in [-0.25, -0.2) is 4.39 Å². The van der Waals surface area contributed by atoms with Crippen LogP contribution in [0, 0.1) is 17.7 Å². The number of benzene rings is 1. The Labute approximate surface area is 105 Å². The van der Waals surface area contributed by atoms with E-state index in [1.807, 2.05) is 0 Å². The molecule has 1 saturated carbocycles. The maximum absolute atomic E-state index is 12.8. The topological polar surface area (TPSA) is 29.1 Å². The summed E-state index contributed by atoms with van der Waals surface area (Å²) in [7, 11) is 0. The van der Waals surface area contributed by atoms with E-state index >= 15 is 0 Å². The molecule has 2 atom stereocenters. The monoisotopic (exact) mass is 255 g/mol. The molecular weight excluding hydrogens is 241 g/mol. The number of hydrogen-bond acceptors (Lipinski definition) is 1. The molecule has 4 heteroatoms. The molecule has 0 unspecified atom stereocenters. The molecule has 0 saturated heterocycles. The summed E-state index contributed by atoms with van der Waals surface area (Å²) in [4.78, 5) is 11.5. The second-order valence-electron chi connectivity index (χ2n) is 4.60. The molecule has 0 aliphatic heterocycles. The number of carbonyl (C=O) groups excluding carboxylic acids is 1. The van der Waals surface area contributed by atoms with Crippen molar-refractivity contribution >= 4 is 17.5 Å². The van der Waals surface area contributed by atoms with Crippen LogP contribution < -0.4 is 5.32 Å². The van der Waals surface area contributed by atoms with Gasteiger partial charge in [0, 0.05) is 17.5 Å². The lowest BCUT2D eigenvalue weighted by atomic mass is 10.1. The molecule has 1 fully saturated rings. The quantitative estimate of drug-likeness (QED) is 0.881. The fourth-order valence-corrected chi connectivity index (χ4v) is 2.13. The Balaban J connectivity index is 1.80. The van der Waals surface area contributed by atoms with Crippen LogP contribution in [-0.2, 0) is 11.2 Å². The van der Waals surface area contributed by atoms with Crippen molar-refractivity contribution < 1.29 is 9.18 Å². The van der Waals surface area contributed by atoms with Crippen molar-refractivity contribution in [2.75, 3.05) is 6.54 Å². The molecule has 0 spiro atoms. The van der Waals surface area contributed by atoms with Gasteiger partial charge in [-0.05, 0) is 36.5 Å².